The van der Waals surface area contributed by atoms with E-state index in [9.17, 15) is 4.79 Å². The summed E-state index contributed by atoms with van der Waals surface area (Å²) in [4.78, 5) is 20.2. The van der Waals surface area contributed by atoms with E-state index in [1.54, 1.807) is 17.0 Å². The van der Waals surface area contributed by atoms with Crippen molar-refractivity contribution in [3.8, 4) is 5.75 Å². The number of amides is 1. The highest BCUT2D eigenvalue weighted by Gasteiger charge is 2.33. The average Bonchev–Trinajstić information content (AvgIpc) is 3.10. The van der Waals surface area contributed by atoms with E-state index in [4.69, 9.17) is 27.9 Å². The summed E-state index contributed by atoms with van der Waals surface area (Å²) in [7, 11) is 0. The fraction of sp³-hybridized carbons (Fsp3) is 0.154. The molecule has 1 aliphatic rings. The van der Waals surface area contributed by atoms with Gasteiger partial charge < -0.3 is 4.74 Å². The molecule has 168 valence electrons. The van der Waals surface area contributed by atoms with Gasteiger partial charge >= 0.3 is 0 Å². The van der Waals surface area contributed by atoms with Crippen molar-refractivity contribution in [3.05, 3.63) is 98.9 Å². The number of hydrogen-bond donors (Lipinski definition) is 0. The van der Waals surface area contributed by atoms with E-state index >= 15 is 0 Å². The Hall–Kier alpha value is -2.73. The number of carbonyl (C=O) groups excluding carboxylic acids is 1. The highest BCUT2D eigenvalue weighted by Crippen LogP contribution is 2.36. The number of nitrogens with zero attached hydrogens (tertiary/aromatic N) is 2. The molecule has 0 atom stereocenters. The van der Waals surface area contributed by atoms with Gasteiger partial charge in [-0.25, -0.2) is 4.99 Å². The average molecular weight is 497 g/mol. The maximum absolute atomic E-state index is 13.2. The first-order valence-electron chi connectivity index (χ1n) is 10.6. The molecule has 0 aromatic heterocycles. The van der Waals surface area contributed by atoms with Gasteiger partial charge in [-0.05, 0) is 60.7 Å². The molecule has 1 saturated heterocycles. The molecular weight excluding hydrogens is 475 g/mol. The fourth-order valence-corrected chi connectivity index (χ4v) is 4.61. The number of rotatable bonds is 7. The van der Waals surface area contributed by atoms with Crippen LogP contribution in [0.5, 0.6) is 5.75 Å². The Bertz CT molecular complexity index is 1210. The highest BCUT2D eigenvalue weighted by molar-refractivity contribution is 8.18. The molecule has 1 fully saturated rings. The lowest BCUT2D eigenvalue weighted by Gasteiger charge is -2.14. The van der Waals surface area contributed by atoms with Crippen molar-refractivity contribution in [3.63, 3.8) is 0 Å². The van der Waals surface area contributed by atoms with Crippen LogP contribution < -0.4 is 4.74 Å². The molecule has 0 unspecified atom stereocenters. The number of halogens is 2. The molecule has 33 heavy (non-hydrogen) atoms. The second-order valence-electron chi connectivity index (χ2n) is 7.36. The Labute approximate surface area is 207 Å². The molecule has 7 heteroatoms. The predicted molar refractivity (Wildman–Crippen MR) is 138 cm³/mol. The third-order valence-electron chi connectivity index (χ3n) is 4.93. The normalized spacial score (nSPS) is 16.1. The summed E-state index contributed by atoms with van der Waals surface area (Å²) in [5.41, 5.74) is 2.48. The summed E-state index contributed by atoms with van der Waals surface area (Å²) in [6, 6.07) is 22.5. The van der Waals surface area contributed by atoms with E-state index in [0.717, 1.165) is 23.2 Å². The Morgan fingerprint density at radius 2 is 1.73 bits per heavy atom. The van der Waals surface area contributed by atoms with Crippen LogP contribution >= 0.6 is 35.0 Å². The van der Waals surface area contributed by atoms with E-state index in [1.165, 1.54) is 11.8 Å². The van der Waals surface area contributed by atoms with Crippen molar-refractivity contribution in [2.75, 3.05) is 6.54 Å². The van der Waals surface area contributed by atoms with Gasteiger partial charge in [-0.1, -0.05) is 66.5 Å². The van der Waals surface area contributed by atoms with Gasteiger partial charge in [0.25, 0.3) is 5.91 Å². The summed E-state index contributed by atoms with van der Waals surface area (Å²) in [6.07, 6.45) is 2.69. The maximum atomic E-state index is 13.2. The first-order valence-corrected chi connectivity index (χ1v) is 12.1. The van der Waals surface area contributed by atoms with Crippen LogP contribution in [0.3, 0.4) is 0 Å². The van der Waals surface area contributed by atoms with Gasteiger partial charge in [0.2, 0.25) is 0 Å². The van der Waals surface area contributed by atoms with Gasteiger partial charge in [-0.2, -0.15) is 0 Å². The minimum absolute atomic E-state index is 0.0597. The first kappa shape index (κ1) is 23.4. The molecular formula is C26H22Cl2N2O2S. The molecule has 1 amide bonds. The Morgan fingerprint density at radius 3 is 2.48 bits per heavy atom. The lowest BCUT2D eigenvalue weighted by atomic mass is 10.1. The number of ether oxygens (including phenoxy) is 1. The summed E-state index contributed by atoms with van der Waals surface area (Å²) in [5.74, 6) is 0.624. The van der Waals surface area contributed by atoms with E-state index in [0.29, 0.717) is 39.0 Å². The van der Waals surface area contributed by atoms with Crippen molar-refractivity contribution >= 4 is 57.8 Å². The van der Waals surface area contributed by atoms with Crippen molar-refractivity contribution < 1.29 is 9.53 Å². The van der Waals surface area contributed by atoms with E-state index in [-0.39, 0.29) is 5.91 Å². The second-order valence-corrected chi connectivity index (χ2v) is 9.21. The van der Waals surface area contributed by atoms with E-state index in [2.05, 4.69) is 4.99 Å². The molecule has 1 heterocycles. The zero-order chi connectivity index (χ0) is 23.2. The number of hydrogen-bond acceptors (Lipinski definition) is 4. The maximum Gasteiger partial charge on any atom is 0.266 e. The van der Waals surface area contributed by atoms with Gasteiger partial charge in [-0.3, -0.25) is 9.69 Å². The summed E-state index contributed by atoms with van der Waals surface area (Å²) >= 11 is 13.6. The lowest BCUT2D eigenvalue weighted by Crippen LogP contribution is -2.29. The standard InChI is InChI=1S/C26H22Cl2N2O2S/c1-2-15-30-25(31)24(33-26(30)29-21-13-11-20(27)12-14-21)16-18-7-4-6-10-23(18)32-17-19-8-3-5-9-22(19)28/h3-14,16H,2,15,17H2,1H3/b24-16-,29-26?. The number of para-hydroxylation sites is 1. The molecule has 0 aliphatic carbocycles. The zero-order valence-corrected chi connectivity index (χ0v) is 20.3. The number of thioether (sulfide) groups is 1. The minimum atomic E-state index is -0.0597. The number of amidine groups is 1. The Balaban J connectivity index is 1.60. The zero-order valence-electron chi connectivity index (χ0n) is 18.0. The number of aliphatic imine (C=N–C) groups is 1. The predicted octanol–water partition coefficient (Wildman–Crippen LogP) is 7.59. The SMILES string of the molecule is CCCN1C(=O)/C(=C/c2ccccc2OCc2ccccc2Cl)SC1=Nc1ccc(Cl)cc1. The molecule has 0 N–H and O–H groups in total. The van der Waals surface area contributed by atoms with Crippen molar-refractivity contribution in [1.82, 2.24) is 4.90 Å². The van der Waals surface area contributed by atoms with Gasteiger partial charge in [0.15, 0.2) is 5.17 Å². The van der Waals surface area contributed by atoms with Crippen LogP contribution in [0.4, 0.5) is 5.69 Å². The first-order chi connectivity index (χ1) is 16.0. The van der Waals surface area contributed by atoms with Crippen LogP contribution in [0.1, 0.15) is 24.5 Å². The summed E-state index contributed by atoms with van der Waals surface area (Å²) in [6.45, 7) is 2.98. The van der Waals surface area contributed by atoms with Gasteiger partial charge in [0.05, 0.1) is 10.6 Å². The van der Waals surface area contributed by atoms with Gasteiger partial charge in [-0.15, -0.1) is 0 Å². The smallest absolute Gasteiger partial charge is 0.266 e. The van der Waals surface area contributed by atoms with Crippen molar-refractivity contribution in [1.29, 1.82) is 0 Å². The molecule has 0 saturated carbocycles. The van der Waals surface area contributed by atoms with Crippen molar-refractivity contribution in [2.24, 2.45) is 4.99 Å². The monoisotopic (exact) mass is 496 g/mol. The molecule has 4 nitrogen and oxygen atoms in total. The van der Waals surface area contributed by atoms with Crippen LogP contribution in [0.25, 0.3) is 6.08 Å². The van der Waals surface area contributed by atoms with E-state index in [1.807, 2.05) is 73.7 Å². The minimum Gasteiger partial charge on any atom is -0.488 e. The quantitative estimate of drug-likeness (QED) is 0.316. The summed E-state index contributed by atoms with van der Waals surface area (Å²) < 4.78 is 6.05. The Morgan fingerprint density at radius 1 is 1.00 bits per heavy atom. The van der Waals surface area contributed by atoms with Crippen LogP contribution in [0.15, 0.2) is 82.7 Å². The Kier molecular flexibility index (Phi) is 7.76. The van der Waals surface area contributed by atoms with Gasteiger partial charge in [0.1, 0.15) is 12.4 Å². The fourth-order valence-electron chi connectivity index (χ4n) is 3.28. The van der Waals surface area contributed by atoms with Crippen LogP contribution in [-0.4, -0.2) is 22.5 Å². The second kappa shape index (κ2) is 10.9. The molecule has 3 aromatic carbocycles. The van der Waals surface area contributed by atoms with E-state index < -0.39 is 0 Å². The molecule has 0 spiro atoms. The molecule has 4 rings (SSSR count). The summed E-state index contributed by atoms with van der Waals surface area (Å²) in [5, 5.41) is 1.96. The lowest BCUT2D eigenvalue weighted by molar-refractivity contribution is -0.122. The van der Waals surface area contributed by atoms with Crippen LogP contribution in [-0.2, 0) is 11.4 Å². The van der Waals surface area contributed by atoms with Crippen LogP contribution in [0, 0.1) is 0 Å². The van der Waals surface area contributed by atoms with Gasteiger partial charge in [0, 0.05) is 27.7 Å². The van der Waals surface area contributed by atoms with Crippen molar-refractivity contribution in [2.45, 2.75) is 20.0 Å². The number of carbonyl (C=O) groups is 1. The molecule has 3 aromatic rings. The largest absolute Gasteiger partial charge is 0.488 e. The molecule has 0 bridgehead atoms. The molecule has 1 aliphatic heterocycles. The van der Waals surface area contributed by atoms with Crippen LogP contribution in [0.2, 0.25) is 10.0 Å². The molecule has 0 radical (unpaired) electrons. The highest BCUT2D eigenvalue weighted by atomic mass is 35.5. The third kappa shape index (κ3) is 5.80. The topological polar surface area (TPSA) is 41.9 Å². The third-order valence-corrected chi connectivity index (χ3v) is 6.56. The number of benzene rings is 3.